The molecule has 3 aromatic heterocycles. The lowest BCUT2D eigenvalue weighted by Gasteiger charge is -2.36. The minimum atomic E-state index is -0.587. The van der Waals surface area contributed by atoms with E-state index in [1.165, 1.54) is 6.20 Å². The SMILES string of the molecule is Cn1cc(-c2ccc(N(C(=O)NCc3ccccc3)C3CCC(Nc4ncc(C#N)c(N[C@@H]5COCC[C@H]5O)n4)CC3)nc2)cn1. The molecule has 2 fully saturated rings. The second kappa shape index (κ2) is 14.4. The monoisotopic (exact) mass is 622 g/mol. The molecule has 1 saturated carbocycles. The summed E-state index contributed by atoms with van der Waals surface area (Å²) >= 11 is 0. The zero-order valence-corrected chi connectivity index (χ0v) is 25.7. The Kier molecular flexibility index (Phi) is 9.66. The Morgan fingerprint density at radius 2 is 1.87 bits per heavy atom. The summed E-state index contributed by atoms with van der Waals surface area (Å²) in [4.78, 5) is 29.1. The van der Waals surface area contributed by atoms with E-state index in [1.807, 2.05) is 55.7 Å². The highest BCUT2D eigenvalue weighted by molar-refractivity contribution is 5.91. The smallest absolute Gasteiger partial charge is 0.323 e. The van der Waals surface area contributed by atoms with Crippen LogP contribution in [0.5, 0.6) is 0 Å². The first-order chi connectivity index (χ1) is 22.5. The lowest BCUT2D eigenvalue weighted by molar-refractivity contribution is 0.00304. The van der Waals surface area contributed by atoms with E-state index in [2.05, 4.69) is 37.1 Å². The summed E-state index contributed by atoms with van der Waals surface area (Å²) in [6, 6.07) is 15.3. The Hall–Kier alpha value is -5.06. The van der Waals surface area contributed by atoms with Gasteiger partial charge in [-0.1, -0.05) is 30.3 Å². The zero-order valence-electron chi connectivity index (χ0n) is 25.7. The molecule has 0 bridgehead atoms. The molecular formula is C33H38N10O3. The number of hydrogen-bond donors (Lipinski definition) is 4. The van der Waals surface area contributed by atoms with Crippen molar-refractivity contribution in [2.75, 3.05) is 28.7 Å². The number of hydrogen-bond acceptors (Lipinski definition) is 10. The molecule has 2 aliphatic rings. The fourth-order valence-corrected chi connectivity index (χ4v) is 5.93. The van der Waals surface area contributed by atoms with Gasteiger partial charge in [-0.3, -0.25) is 9.58 Å². The van der Waals surface area contributed by atoms with E-state index < -0.39 is 6.10 Å². The van der Waals surface area contributed by atoms with Crippen molar-refractivity contribution in [3.05, 3.63) is 78.4 Å². The Morgan fingerprint density at radius 1 is 1.04 bits per heavy atom. The van der Waals surface area contributed by atoms with Crippen molar-refractivity contribution in [1.29, 1.82) is 5.26 Å². The predicted molar refractivity (Wildman–Crippen MR) is 173 cm³/mol. The highest BCUT2D eigenvalue weighted by Gasteiger charge is 2.31. The van der Waals surface area contributed by atoms with Gasteiger partial charge in [0.1, 0.15) is 23.3 Å². The van der Waals surface area contributed by atoms with Crippen molar-refractivity contribution in [2.45, 2.75) is 62.9 Å². The van der Waals surface area contributed by atoms with Gasteiger partial charge < -0.3 is 25.8 Å². The number of ether oxygens (including phenoxy) is 1. The molecule has 0 radical (unpaired) electrons. The fourth-order valence-electron chi connectivity index (χ4n) is 5.93. The van der Waals surface area contributed by atoms with Crippen LogP contribution in [-0.4, -0.2) is 73.3 Å². The molecule has 0 unspecified atom stereocenters. The largest absolute Gasteiger partial charge is 0.391 e. The maximum absolute atomic E-state index is 13.7. The molecule has 13 heteroatoms. The quantitative estimate of drug-likeness (QED) is 0.215. The van der Waals surface area contributed by atoms with Gasteiger partial charge in [0.15, 0.2) is 0 Å². The molecule has 1 aliphatic heterocycles. The van der Waals surface area contributed by atoms with Crippen LogP contribution in [0.15, 0.2) is 67.3 Å². The Morgan fingerprint density at radius 3 is 2.57 bits per heavy atom. The van der Waals surface area contributed by atoms with Gasteiger partial charge in [0.05, 0.1) is 31.1 Å². The summed E-state index contributed by atoms with van der Waals surface area (Å²) < 4.78 is 7.23. The van der Waals surface area contributed by atoms with Crippen molar-refractivity contribution in [2.24, 2.45) is 7.05 Å². The Bertz CT molecular complexity index is 1650. The van der Waals surface area contributed by atoms with Crippen LogP contribution >= 0.6 is 0 Å². The molecular weight excluding hydrogens is 584 g/mol. The number of nitrogens with one attached hydrogen (secondary N) is 3. The van der Waals surface area contributed by atoms with Crippen molar-refractivity contribution in [3.63, 3.8) is 0 Å². The first-order valence-electron chi connectivity index (χ1n) is 15.6. The molecule has 1 saturated heterocycles. The molecule has 0 spiro atoms. The number of aryl methyl sites for hydroxylation is 1. The van der Waals surface area contributed by atoms with E-state index >= 15 is 0 Å². The maximum atomic E-state index is 13.7. The van der Waals surface area contributed by atoms with E-state index in [9.17, 15) is 15.2 Å². The summed E-state index contributed by atoms with van der Waals surface area (Å²) in [6.07, 6.45) is 9.97. The number of nitriles is 1. The lowest BCUT2D eigenvalue weighted by atomic mass is 9.90. The third kappa shape index (κ3) is 7.42. The van der Waals surface area contributed by atoms with E-state index in [4.69, 9.17) is 9.72 Å². The highest BCUT2D eigenvalue weighted by Crippen LogP contribution is 2.30. The van der Waals surface area contributed by atoms with Crippen LogP contribution in [0.1, 0.15) is 43.2 Å². The minimum absolute atomic E-state index is 0.0579. The van der Waals surface area contributed by atoms with Gasteiger partial charge in [0.25, 0.3) is 0 Å². The number of nitrogens with zero attached hydrogens (tertiary/aromatic N) is 7. The van der Waals surface area contributed by atoms with Crippen molar-refractivity contribution in [3.8, 4) is 17.2 Å². The molecule has 13 nitrogen and oxygen atoms in total. The third-order valence-corrected chi connectivity index (χ3v) is 8.48. The van der Waals surface area contributed by atoms with Gasteiger partial charge >= 0.3 is 6.03 Å². The van der Waals surface area contributed by atoms with E-state index in [0.29, 0.717) is 49.3 Å². The van der Waals surface area contributed by atoms with Crippen LogP contribution in [-0.2, 0) is 18.3 Å². The van der Waals surface area contributed by atoms with Crippen LogP contribution in [0.3, 0.4) is 0 Å². The van der Waals surface area contributed by atoms with Gasteiger partial charge in [-0.25, -0.2) is 14.8 Å². The average molecular weight is 623 g/mol. The number of pyridine rings is 1. The fraction of sp³-hybridized carbons (Fsp3) is 0.394. The second-order valence-electron chi connectivity index (χ2n) is 11.7. The first-order valence-corrected chi connectivity index (χ1v) is 15.6. The molecule has 238 valence electrons. The average Bonchev–Trinajstić information content (AvgIpc) is 3.53. The summed E-state index contributed by atoms with van der Waals surface area (Å²) in [6.45, 7) is 1.25. The first kappa shape index (κ1) is 30.9. The molecule has 6 rings (SSSR count). The Balaban J connectivity index is 1.13. The van der Waals surface area contributed by atoms with Gasteiger partial charge in [0, 0.05) is 55.8 Å². The number of amides is 2. The number of urea groups is 1. The van der Waals surface area contributed by atoms with Crippen LogP contribution in [0.25, 0.3) is 11.1 Å². The number of carbonyl (C=O) groups excluding carboxylic acids is 1. The minimum Gasteiger partial charge on any atom is -0.391 e. The molecule has 2 amide bonds. The standard InChI is InChI=1S/C33H38N10O3/c1-42-20-25(19-38-42)23-7-12-30(35-17-23)43(33(45)37-16-22-5-3-2-4-6-22)27-10-8-26(9-11-27)39-32-36-18-24(15-34)31(41-32)40-28-21-46-14-13-29(28)44/h2-7,12,17-20,26-29,44H,8-11,13-14,16,21H2,1H3,(H,37,45)(H2,36,39,40,41)/t26?,27?,28-,29-/m1/s1. The van der Waals surface area contributed by atoms with Crippen molar-refractivity contribution in [1.82, 2.24) is 30.0 Å². The molecule has 46 heavy (non-hydrogen) atoms. The topological polar surface area (TPSA) is 166 Å². The van der Waals surface area contributed by atoms with Crippen LogP contribution in [0.2, 0.25) is 0 Å². The van der Waals surface area contributed by atoms with Gasteiger partial charge in [0.2, 0.25) is 5.95 Å². The molecule has 4 aromatic rings. The number of benzene rings is 1. The zero-order chi connectivity index (χ0) is 31.9. The normalized spacial score (nSPS) is 21.2. The molecule has 1 aliphatic carbocycles. The second-order valence-corrected chi connectivity index (χ2v) is 11.7. The number of carbonyl (C=O) groups is 1. The van der Waals surface area contributed by atoms with Gasteiger partial charge in [-0.2, -0.15) is 15.3 Å². The summed E-state index contributed by atoms with van der Waals surface area (Å²) in [5.41, 5.74) is 3.20. The maximum Gasteiger partial charge on any atom is 0.323 e. The van der Waals surface area contributed by atoms with Crippen LogP contribution < -0.4 is 20.9 Å². The molecule has 4 N–H and O–H groups in total. The Labute approximate surface area is 267 Å². The van der Waals surface area contributed by atoms with Gasteiger partial charge in [-0.15, -0.1) is 0 Å². The molecule has 1 aromatic carbocycles. The summed E-state index contributed by atoms with van der Waals surface area (Å²) in [5, 5.41) is 33.9. The predicted octanol–water partition coefficient (Wildman–Crippen LogP) is 3.84. The molecule has 4 heterocycles. The van der Waals surface area contributed by atoms with Crippen molar-refractivity contribution < 1.29 is 14.6 Å². The highest BCUT2D eigenvalue weighted by atomic mass is 16.5. The lowest BCUT2D eigenvalue weighted by Crippen LogP contribution is -2.49. The number of anilines is 3. The third-order valence-electron chi connectivity index (χ3n) is 8.48. The van der Waals surface area contributed by atoms with Gasteiger partial charge in [-0.05, 0) is 49.8 Å². The van der Waals surface area contributed by atoms with E-state index in [1.54, 1.807) is 22.0 Å². The number of aliphatic hydroxyl groups excluding tert-OH is 1. The van der Waals surface area contributed by atoms with Crippen LogP contribution in [0.4, 0.5) is 22.4 Å². The number of aromatic nitrogens is 5. The molecule has 2 atom stereocenters. The van der Waals surface area contributed by atoms with Crippen LogP contribution in [0, 0.1) is 11.3 Å². The van der Waals surface area contributed by atoms with E-state index in [-0.39, 0.29) is 24.2 Å². The number of rotatable bonds is 9. The van der Waals surface area contributed by atoms with Crippen molar-refractivity contribution >= 4 is 23.6 Å². The summed E-state index contributed by atoms with van der Waals surface area (Å²) in [5.74, 6) is 1.36. The number of aliphatic hydroxyl groups is 1. The van der Waals surface area contributed by atoms with E-state index in [0.717, 1.165) is 42.4 Å². The summed E-state index contributed by atoms with van der Waals surface area (Å²) in [7, 11) is 1.87.